The molecule has 0 bridgehead atoms. The predicted molar refractivity (Wildman–Crippen MR) is 113 cm³/mol. The maximum absolute atomic E-state index is 13.2. The standard InChI is InChI=1S/C20H32BrO4P/c1-9-11-20(7,8)19-16(10-2)12-17(21)13-18(19)25-26(22,23-14(3)4)24-15(5)6/h10,12-15H,2,9,11H2,1,3-8H3. The topological polar surface area (TPSA) is 44.8 Å². The molecule has 0 amide bonds. The van der Waals surface area contributed by atoms with Crippen molar-refractivity contribution in [2.75, 3.05) is 0 Å². The first-order valence-electron chi connectivity index (χ1n) is 9.07. The molecule has 1 aromatic carbocycles. The highest BCUT2D eigenvalue weighted by molar-refractivity contribution is 9.10. The van der Waals surface area contributed by atoms with Crippen LogP contribution < -0.4 is 4.52 Å². The fourth-order valence-electron chi connectivity index (χ4n) is 3.01. The van der Waals surface area contributed by atoms with Gasteiger partial charge in [-0.1, -0.05) is 55.8 Å². The van der Waals surface area contributed by atoms with Gasteiger partial charge in [0.2, 0.25) is 0 Å². The van der Waals surface area contributed by atoms with Gasteiger partial charge in [-0.3, -0.25) is 9.05 Å². The van der Waals surface area contributed by atoms with Gasteiger partial charge in [-0.15, -0.1) is 0 Å². The summed E-state index contributed by atoms with van der Waals surface area (Å²) in [6, 6.07) is 3.81. The molecular weight excluding hydrogens is 415 g/mol. The second-order valence-corrected chi connectivity index (χ2v) is 9.97. The van der Waals surface area contributed by atoms with Crippen LogP contribution in [-0.2, 0) is 19.0 Å². The van der Waals surface area contributed by atoms with E-state index in [0.29, 0.717) is 5.75 Å². The number of hydrogen-bond acceptors (Lipinski definition) is 4. The largest absolute Gasteiger partial charge is 0.530 e. The molecule has 0 aliphatic rings. The van der Waals surface area contributed by atoms with E-state index >= 15 is 0 Å². The molecule has 4 nitrogen and oxygen atoms in total. The molecule has 0 aromatic heterocycles. The first kappa shape index (κ1) is 23.4. The minimum Gasteiger partial charge on any atom is -0.404 e. The van der Waals surface area contributed by atoms with Gasteiger partial charge in [0, 0.05) is 10.0 Å². The highest BCUT2D eigenvalue weighted by Crippen LogP contribution is 2.54. The highest BCUT2D eigenvalue weighted by atomic mass is 79.9. The summed E-state index contributed by atoms with van der Waals surface area (Å²) < 4.78 is 31.1. The Morgan fingerprint density at radius 3 is 2.15 bits per heavy atom. The summed E-state index contributed by atoms with van der Waals surface area (Å²) >= 11 is 3.50. The Morgan fingerprint density at radius 1 is 1.19 bits per heavy atom. The first-order chi connectivity index (χ1) is 11.9. The van der Waals surface area contributed by atoms with Crippen molar-refractivity contribution in [1.82, 2.24) is 0 Å². The van der Waals surface area contributed by atoms with Crippen molar-refractivity contribution in [3.05, 3.63) is 34.3 Å². The number of phosphoric acid groups is 1. The molecule has 0 fully saturated rings. The van der Waals surface area contributed by atoms with E-state index in [1.165, 1.54) is 0 Å². The van der Waals surface area contributed by atoms with Crippen molar-refractivity contribution < 1.29 is 18.1 Å². The zero-order valence-corrected chi connectivity index (χ0v) is 19.4. The van der Waals surface area contributed by atoms with E-state index in [2.05, 4.69) is 43.3 Å². The van der Waals surface area contributed by atoms with E-state index in [-0.39, 0.29) is 17.6 Å². The Kier molecular flexibility index (Phi) is 8.60. The van der Waals surface area contributed by atoms with E-state index in [1.807, 2.05) is 12.1 Å². The van der Waals surface area contributed by atoms with Crippen LogP contribution >= 0.6 is 23.8 Å². The Hall–Kier alpha value is -0.610. The molecular formula is C20H32BrO4P. The van der Waals surface area contributed by atoms with E-state index in [9.17, 15) is 4.57 Å². The fraction of sp³-hybridized carbons (Fsp3) is 0.600. The number of benzene rings is 1. The minimum absolute atomic E-state index is 0.186. The summed E-state index contributed by atoms with van der Waals surface area (Å²) in [4.78, 5) is 0. The maximum atomic E-state index is 13.2. The van der Waals surface area contributed by atoms with Gasteiger partial charge in [-0.25, -0.2) is 4.57 Å². The molecule has 0 N–H and O–H groups in total. The molecule has 0 saturated carbocycles. The van der Waals surface area contributed by atoms with E-state index in [4.69, 9.17) is 13.6 Å². The van der Waals surface area contributed by atoms with Gasteiger partial charge in [-0.05, 0) is 57.2 Å². The number of rotatable bonds is 10. The van der Waals surface area contributed by atoms with Crippen molar-refractivity contribution in [1.29, 1.82) is 0 Å². The number of halogens is 1. The van der Waals surface area contributed by atoms with Crippen molar-refractivity contribution in [3.8, 4) is 5.75 Å². The second kappa shape index (κ2) is 9.54. The van der Waals surface area contributed by atoms with Crippen LogP contribution in [0.5, 0.6) is 5.75 Å². The highest BCUT2D eigenvalue weighted by Gasteiger charge is 2.35. The summed E-state index contributed by atoms with van der Waals surface area (Å²) in [6.45, 7) is 17.6. The average molecular weight is 447 g/mol. The number of hydrogen-bond donors (Lipinski definition) is 0. The summed E-state index contributed by atoms with van der Waals surface area (Å²) in [5.74, 6) is 0.498. The number of phosphoric ester groups is 1. The third-order valence-electron chi connectivity index (χ3n) is 3.76. The van der Waals surface area contributed by atoms with Crippen molar-refractivity contribution >= 4 is 29.8 Å². The zero-order valence-electron chi connectivity index (χ0n) is 17.0. The Balaban J connectivity index is 3.51. The lowest BCUT2D eigenvalue weighted by Gasteiger charge is -2.31. The molecule has 0 aliphatic heterocycles. The van der Waals surface area contributed by atoms with Crippen LogP contribution in [0.1, 0.15) is 72.4 Å². The Labute approximate surface area is 167 Å². The van der Waals surface area contributed by atoms with Gasteiger partial charge in [0.1, 0.15) is 5.75 Å². The van der Waals surface area contributed by atoms with Gasteiger partial charge in [0.25, 0.3) is 0 Å². The predicted octanol–water partition coefficient (Wildman–Crippen LogP) is 7.51. The lowest BCUT2D eigenvalue weighted by molar-refractivity contribution is 0.103. The normalized spacial score (nSPS) is 12.7. The summed E-state index contributed by atoms with van der Waals surface area (Å²) in [5, 5.41) is 0. The molecule has 0 aliphatic carbocycles. The van der Waals surface area contributed by atoms with Crippen LogP contribution in [0, 0.1) is 0 Å². The van der Waals surface area contributed by atoms with Crippen molar-refractivity contribution in [2.24, 2.45) is 0 Å². The SMILES string of the molecule is C=Cc1cc(Br)cc(OP(=O)(OC(C)C)OC(C)C)c1C(C)(C)CCC. The van der Waals surface area contributed by atoms with Crippen LogP contribution in [0.4, 0.5) is 0 Å². The minimum atomic E-state index is -3.77. The Bertz CT molecular complexity index is 654. The molecule has 0 heterocycles. The molecule has 26 heavy (non-hydrogen) atoms. The van der Waals surface area contributed by atoms with E-state index in [0.717, 1.165) is 28.4 Å². The molecule has 1 aromatic rings. The average Bonchev–Trinajstić information content (AvgIpc) is 2.43. The lowest BCUT2D eigenvalue weighted by Crippen LogP contribution is -2.20. The van der Waals surface area contributed by atoms with Crippen LogP contribution in [0.3, 0.4) is 0 Å². The Morgan fingerprint density at radius 2 is 1.73 bits per heavy atom. The van der Waals surface area contributed by atoms with Gasteiger partial charge in [-0.2, -0.15) is 0 Å². The lowest BCUT2D eigenvalue weighted by atomic mass is 9.78. The van der Waals surface area contributed by atoms with Gasteiger partial charge < -0.3 is 4.52 Å². The van der Waals surface area contributed by atoms with Crippen LogP contribution in [0.2, 0.25) is 0 Å². The summed E-state index contributed by atoms with van der Waals surface area (Å²) in [7, 11) is -3.77. The van der Waals surface area contributed by atoms with Gasteiger partial charge >= 0.3 is 7.82 Å². The van der Waals surface area contributed by atoms with Crippen LogP contribution in [-0.4, -0.2) is 12.2 Å². The molecule has 6 heteroatoms. The van der Waals surface area contributed by atoms with Crippen LogP contribution in [0.25, 0.3) is 6.08 Å². The molecule has 0 atom stereocenters. The molecule has 148 valence electrons. The monoisotopic (exact) mass is 446 g/mol. The second-order valence-electron chi connectivity index (χ2n) is 7.55. The molecule has 1 rings (SSSR count). The molecule has 0 unspecified atom stereocenters. The third kappa shape index (κ3) is 6.53. The van der Waals surface area contributed by atoms with Crippen LogP contribution in [0.15, 0.2) is 23.2 Å². The molecule has 0 saturated heterocycles. The molecule has 0 spiro atoms. The van der Waals surface area contributed by atoms with Gasteiger partial charge in [0.05, 0.1) is 12.2 Å². The third-order valence-corrected chi connectivity index (χ3v) is 6.00. The summed E-state index contributed by atoms with van der Waals surface area (Å²) in [6.07, 6.45) is 3.17. The van der Waals surface area contributed by atoms with Crippen molar-refractivity contribution in [2.45, 2.75) is 78.9 Å². The summed E-state index contributed by atoms with van der Waals surface area (Å²) in [5.41, 5.74) is 1.71. The first-order valence-corrected chi connectivity index (χ1v) is 11.3. The fourth-order valence-corrected chi connectivity index (χ4v) is 5.02. The quantitative estimate of drug-likeness (QED) is 0.348. The van der Waals surface area contributed by atoms with Crippen molar-refractivity contribution in [3.63, 3.8) is 0 Å². The zero-order chi connectivity index (χ0) is 20.1. The smallest absolute Gasteiger partial charge is 0.404 e. The van der Waals surface area contributed by atoms with Gasteiger partial charge in [0.15, 0.2) is 0 Å². The van der Waals surface area contributed by atoms with E-state index in [1.54, 1.807) is 33.8 Å². The maximum Gasteiger partial charge on any atom is 0.530 e. The molecule has 0 radical (unpaired) electrons. The van der Waals surface area contributed by atoms with E-state index < -0.39 is 7.82 Å².